The summed E-state index contributed by atoms with van der Waals surface area (Å²) in [5.41, 5.74) is 6.56. The highest BCUT2D eigenvalue weighted by atomic mass is 19.4. The van der Waals surface area contributed by atoms with Gasteiger partial charge in [0, 0.05) is 52.9 Å². The van der Waals surface area contributed by atoms with Crippen molar-refractivity contribution in [2.24, 2.45) is 9.98 Å². The number of benzene rings is 2. The Kier molecular flexibility index (Phi) is 22.7. The average molecular weight is 650 g/mol. The smallest absolute Gasteiger partial charge is 0.322 e. The summed E-state index contributed by atoms with van der Waals surface area (Å²) in [6, 6.07) is 7.77. The number of aryl methyl sites for hydroxylation is 2. The first-order valence-corrected chi connectivity index (χ1v) is 15.9. The van der Waals surface area contributed by atoms with Gasteiger partial charge >= 0.3 is 6.18 Å². The fourth-order valence-electron chi connectivity index (χ4n) is 3.62. The van der Waals surface area contributed by atoms with Gasteiger partial charge in [-0.05, 0) is 109 Å². The average Bonchev–Trinajstić information content (AvgIpc) is 3.04. The maximum absolute atomic E-state index is 12.8. The Hall–Kier alpha value is -4.44. The molecule has 2 rings (SSSR count). The van der Waals surface area contributed by atoms with Crippen molar-refractivity contribution in [3.63, 3.8) is 0 Å². The maximum Gasteiger partial charge on any atom is 0.416 e. The first kappa shape index (κ1) is 44.7. The molecule has 256 valence electrons. The zero-order chi connectivity index (χ0) is 36.7. The molecule has 0 aliphatic carbocycles. The standard InChI is InChI=1S/C21H24N2O.C15H18F3N.2C2H6/c1-7-10-22-14-17(4)23-13-15(2)8-9-20-12-21(19(6)24)11-16(3)18(20)5;1-5-7-19(12(4)6-2)14-9-11(3)8-13(10-14)15(16,17)18;2*1-2/h7,10-14H,1-6H3;5,7-10H,4,6H2,1-3H3;2*1-2H3/b10-7-,15-13+,22-14?,23-17?;7-5-;;. The summed E-state index contributed by atoms with van der Waals surface area (Å²) in [5.74, 6) is 6.28. The van der Waals surface area contributed by atoms with Crippen LogP contribution in [0.5, 0.6) is 0 Å². The molecule has 0 unspecified atom stereocenters. The van der Waals surface area contributed by atoms with E-state index in [2.05, 4.69) is 28.4 Å². The highest BCUT2D eigenvalue weighted by Crippen LogP contribution is 2.34. The number of alkyl halides is 3. The van der Waals surface area contributed by atoms with Crippen LogP contribution in [-0.2, 0) is 6.18 Å². The van der Waals surface area contributed by atoms with E-state index in [-0.39, 0.29) is 5.78 Å². The summed E-state index contributed by atoms with van der Waals surface area (Å²) in [5, 5.41) is 0. The molecule has 2 aromatic rings. The third kappa shape index (κ3) is 17.2. The Morgan fingerprint density at radius 1 is 0.957 bits per heavy atom. The first-order valence-electron chi connectivity index (χ1n) is 15.9. The molecule has 2 aromatic carbocycles. The van der Waals surface area contributed by atoms with E-state index in [1.165, 1.54) is 0 Å². The molecule has 0 aliphatic heterocycles. The van der Waals surface area contributed by atoms with Crippen LogP contribution in [0.25, 0.3) is 0 Å². The molecule has 0 aliphatic rings. The molecule has 0 aromatic heterocycles. The number of anilines is 1. The lowest BCUT2D eigenvalue weighted by Crippen LogP contribution is -2.15. The van der Waals surface area contributed by atoms with Gasteiger partial charge in [0.15, 0.2) is 5.78 Å². The summed E-state index contributed by atoms with van der Waals surface area (Å²) >= 11 is 0. The van der Waals surface area contributed by atoms with Gasteiger partial charge in [-0.2, -0.15) is 13.2 Å². The van der Waals surface area contributed by atoms with Crippen LogP contribution >= 0.6 is 0 Å². The van der Waals surface area contributed by atoms with Gasteiger partial charge in [0.25, 0.3) is 0 Å². The van der Waals surface area contributed by atoms with Crippen LogP contribution < -0.4 is 4.90 Å². The van der Waals surface area contributed by atoms with Crippen molar-refractivity contribution < 1.29 is 18.0 Å². The van der Waals surface area contributed by atoms with E-state index < -0.39 is 11.7 Å². The molecule has 0 saturated carbocycles. The first-order chi connectivity index (χ1) is 22.1. The molecular weight excluding hydrogens is 595 g/mol. The maximum atomic E-state index is 12.8. The molecule has 47 heavy (non-hydrogen) atoms. The monoisotopic (exact) mass is 649 g/mol. The molecule has 0 heterocycles. The molecule has 0 radical (unpaired) electrons. The van der Waals surface area contributed by atoms with E-state index in [1.54, 1.807) is 55.7 Å². The van der Waals surface area contributed by atoms with Gasteiger partial charge in [-0.3, -0.25) is 14.8 Å². The van der Waals surface area contributed by atoms with Gasteiger partial charge in [0.05, 0.1) is 11.3 Å². The van der Waals surface area contributed by atoms with E-state index in [0.717, 1.165) is 45.8 Å². The van der Waals surface area contributed by atoms with Crippen molar-refractivity contribution in [3.8, 4) is 11.8 Å². The Morgan fingerprint density at radius 2 is 1.57 bits per heavy atom. The van der Waals surface area contributed by atoms with Crippen LogP contribution in [0.15, 0.2) is 88.9 Å². The van der Waals surface area contributed by atoms with Gasteiger partial charge in [-0.25, -0.2) is 0 Å². The third-order valence-corrected chi connectivity index (χ3v) is 6.14. The van der Waals surface area contributed by atoms with E-state index in [4.69, 9.17) is 0 Å². The molecule has 0 saturated heterocycles. The largest absolute Gasteiger partial charge is 0.416 e. The van der Waals surface area contributed by atoms with Crippen LogP contribution in [0, 0.1) is 32.6 Å². The van der Waals surface area contributed by atoms with Crippen molar-refractivity contribution >= 4 is 23.4 Å². The fourth-order valence-corrected chi connectivity index (χ4v) is 3.62. The number of Topliss-reactive ketones (excluding diaryl/α,β-unsaturated/α-hetero) is 1. The Morgan fingerprint density at radius 3 is 2.09 bits per heavy atom. The molecule has 0 fully saturated rings. The normalized spacial score (nSPS) is 11.5. The number of rotatable bonds is 8. The SMILES string of the molecule is C/C=C\N=CC(C)=N/C=C(\C)C#Cc1cc(C(C)=O)cc(C)c1C.C=C(CC)N(/C=C\C)c1cc(C)cc(C(F)(F)F)c1.CC.CC. The predicted octanol–water partition coefficient (Wildman–Crippen LogP) is 12.2. The van der Waals surface area contributed by atoms with E-state index >= 15 is 0 Å². The number of allylic oxidation sites excluding steroid dienone is 4. The topological polar surface area (TPSA) is 45.0 Å². The minimum absolute atomic E-state index is 0.0501. The number of carbonyl (C=O) groups excluding carboxylic acids is 1. The summed E-state index contributed by atoms with van der Waals surface area (Å²) in [6.45, 7) is 28.5. The number of hydrogen-bond acceptors (Lipinski definition) is 4. The number of aliphatic imine (C=N–C) groups is 2. The number of hydrogen-bond donors (Lipinski definition) is 0. The van der Waals surface area contributed by atoms with Crippen LogP contribution in [0.4, 0.5) is 18.9 Å². The molecule has 7 heteroatoms. The Bertz CT molecular complexity index is 1510. The molecule has 0 bridgehead atoms. The number of halogens is 3. The Labute approximate surface area is 282 Å². The Balaban J connectivity index is 0. The van der Waals surface area contributed by atoms with E-state index in [9.17, 15) is 18.0 Å². The zero-order valence-corrected chi connectivity index (χ0v) is 30.6. The van der Waals surface area contributed by atoms with Crippen LogP contribution in [0.1, 0.15) is 114 Å². The van der Waals surface area contributed by atoms with Gasteiger partial charge in [-0.15, -0.1) is 0 Å². The van der Waals surface area contributed by atoms with Crippen molar-refractivity contribution in [1.29, 1.82) is 0 Å². The fraction of sp³-hybridized carbons (Fsp3) is 0.375. The van der Waals surface area contributed by atoms with Crippen molar-refractivity contribution in [1.82, 2.24) is 0 Å². The summed E-state index contributed by atoms with van der Waals surface area (Å²) in [6.07, 6.45) is 6.81. The van der Waals surface area contributed by atoms with E-state index in [0.29, 0.717) is 23.2 Å². The molecule has 4 nitrogen and oxygen atoms in total. The number of nitrogens with zero attached hydrogens (tertiary/aromatic N) is 3. The summed E-state index contributed by atoms with van der Waals surface area (Å²) < 4.78 is 38.5. The minimum atomic E-state index is -4.34. The second kappa shape index (κ2) is 23.8. The highest BCUT2D eigenvalue weighted by Gasteiger charge is 2.31. The molecule has 0 atom stereocenters. The zero-order valence-electron chi connectivity index (χ0n) is 30.6. The van der Waals surface area contributed by atoms with Crippen LogP contribution in [-0.4, -0.2) is 17.7 Å². The summed E-state index contributed by atoms with van der Waals surface area (Å²) in [4.78, 5) is 21.7. The lowest BCUT2D eigenvalue weighted by atomic mass is 9.98. The van der Waals surface area contributed by atoms with Crippen molar-refractivity contribution in [3.05, 3.63) is 112 Å². The van der Waals surface area contributed by atoms with E-state index in [1.807, 2.05) is 94.4 Å². The van der Waals surface area contributed by atoms with Crippen molar-refractivity contribution in [2.75, 3.05) is 4.90 Å². The molecular formula is C40H54F3N3O. The quantitative estimate of drug-likeness (QED) is 0.162. The lowest BCUT2D eigenvalue weighted by molar-refractivity contribution is -0.137. The predicted molar refractivity (Wildman–Crippen MR) is 199 cm³/mol. The van der Waals surface area contributed by atoms with Gasteiger partial charge < -0.3 is 4.90 Å². The third-order valence-electron chi connectivity index (χ3n) is 6.14. The molecule has 0 N–H and O–H groups in total. The molecule has 0 spiro atoms. The second-order valence-corrected chi connectivity index (χ2v) is 9.94. The van der Waals surface area contributed by atoms with Crippen LogP contribution in [0.2, 0.25) is 0 Å². The number of carbonyl (C=O) groups is 1. The van der Waals surface area contributed by atoms with Gasteiger partial charge in [0.2, 0.25) is 0 Å². The minimum Gasteiger partial charge on any atom is -0.322 e. The van der Waals surface area contributed by atoms with Gasteiger partial charge in [-0.1, -0.05) is 65.2 Å². The van der Waals surface area contributed by atoms with Gasteiger partial charge in [0.1, 0.15) is 0 Å². The number of ketones is 1. The molecule has 0 amide bonds. The second-order valence-electron chi connectivity index (χ2n) is 9.94. The highest BCUT2D eigenvalue weighted by molar-refractivity contribution is 6.29. The summed E-state index contributed by atoms with van der Waals surface area (Å²) in [7, 11) is 0. The van der Waals surface area contributed by atoms with Crippen LogP contribution in [0.3, 0.4) is 0 Å². The lowest BCUT2D eigenvalue weighted by Gasteiger charge is -2.23. The van der Waals surface area contributed by atoms with Crippen molar-refractivity contribution in [2.45, 2.75) is 103 Å².